The van der Waals surface area contributed by atoms with Gasteiger partial charge in [0.25, 0.3) is 5.91 Å². The van der Waals surface area contributed by atoms with Gasteiger partial charge in [-0.2, -0.15) is 23.7 Å². The van der Waals surface area contributed by atoms with Gasteiger partial charge in [-0.3, -0.25) is 10.1 Å². The van der Waals surface area contributed by atoms with Crippen LogP contribution in [-0.4, -0.2) is 37.2 Å². The molecule has 2 N–H and O–H groups in total. The van der Waals surface area contributed by atoms with Crippen molar-refractivity contribution in [3.05, 3.63) is 35.6 Å². The first-order chi connectivity index (χ1) is 15.3. The lowest BCUT2D eigenvalue weighted by atomic mass is 10.0. The molecule has 1 amide bonds. The second-order valence-electron chi connectivity index (χ2n) is 8.14. The van der Waals surface area contributed by atoms with E-state index in [1.807, 2.05) is 17.5 Å². The highest BCUT2D eigenvalue weighted by Crippen LogP contribution is 2.39. The van der Waals surface area contributed by atoms with Crippen molar-refractivity contribution in [3.63, 3.8) is 0 Å². The van der Waals surface area contributed by atoms with Crippen molar-refractivity contribution in [2.45, 2.75) is 67.6 Å². The Morgan fingerprint density at radius 1 is 1.15 bits per heavy atom. The number of nitrogens with one attached hydrogen (secondary N) is 2. The van der Waals surface area contributed by atoms with E-state index in [4.69, 9.17) is 5.26 Å². The summed E-state index contributed by atoms with van der Waals surface area (Å²) in [5, 5.41) is 22.3. The van der Waals surface area contributed by atoms with E-state index < -0.39 is 56.2 Å². The van der Waals surface area contributed by atoms with Crippen LogP contribution in [0.4, 0.5) is 17.6 Å². The molecule has 0 aromatic heterocycles. The Balaban J connectivity index is 2.51. The average molecular weight is 489 g/mol. The summed E-state index contributed by atoms with van der Waals surface area (Å²) in [6.45, 7) is 0. The third-order valence-electron chi connectivity index (χ3n) is 5.54. The van der Waals surface area contributed by atoms with E-state index in [2.05, 4.69) is 5.32 Å². The number of benzene rings is 1. The summed E-state index contributed by atoms with van der Waals surface area (Å²) in [6.07, 6.45) is -3.52. The summed E-state index contributed by atoms with van der Waals surface area (Å²) in [5.41, 5.74) is -1.80. The molecule has 0 aliphatic heterocycles. The van der Waals surface area contributed by atoms with Gasteiger partial charge >= 0.3 is 6.18 Å². The van der Waals surface area contributed by atoms with Crippen molar-refractivity contribution in [1.29, 1.82) is 10.5 Å². The number of sulfone groups is 1. The van der Waals surface area contributed by atoms with Crippen molar-refractivity contribution in [2.75, 3.05) is 6.26 Å². The molecule has 0 saturated heterocycles. The van der Waals surface area contributed by atoms with Crippen LogP contribution in [0.5, 0.6) is 0 Å². The monoisotopic (exact) mass is 488 g/mol. The van der Waals surface area contributed by atoms with Gasteiger partial charge in [-0.15, -0.1) is 0 Å². The maximum atomic E-state index is 14.0. The molecule has 1 aliphatic carbocycles. The Kier molecular flexibility index (Phi) is 8.09. The molecule has 1 saturated carbocycles. The molecule has 0 unspecified atom stereocenters. The molecule has 180 valence electrons. The van der Waals surface area contributed by atoms with Crippen LogP contribution in [0, 0.1) is 28.5 Å². The number of nitrogens with zero attached hydrogens (tertiary/aromatic N) is 2. The second-order valence-corrected chi connectivity index (χ2v) is 10.4. The lowest BCUT2D eigenvalue weighted by Gasteiger charge is -2.37. The van der Waals surface area contributed by atoms with E-state index in [0.29, 0.717) is 19.1 Å². The predicted molar refractivity (Wildman–Crippen MR) is 110 cm³/mol. The van der Waals surface area contributed by atoms with Crippen molar-refractivity contribution in [3.8, 4) is 12.1 Å². The molecule has 1 fully saturated rings. The number of hydrogen-bond donors (Lipinski definition) is 2. The molecule has 33 heavy (non-hydrogen) atoms. The van der Waals surface area contributed by atoms with Gasteiger partial charge in [0.1, 0.15) is 17.4 Å². The zero-order chi connectivity index (χ0) is 24.9. The Labute approximate surface area is 189 Å². The molecule has 1 aliphatic rings. The van der Waals surface area contributed by atoms with Crippen LogP contribution in [0.2, 0.25) is 0 Å². The topological polar surface area (TPSA) is 123 Å². The van der Waals surface area contributed by atoms with Crippen LogP contribution in [0.1, 0.15) is 56.6 Å². The molecule has 2 atom stereocenters. The summed E-state index contributed by atoms with van der Waals surface area (Å²) >= 11 is 0. The third kappa shape index (κ3) is 6.42. The van der Waals surface area contributed by atoms with E-state index in [1.165, 1.54) is 0 Å². The standard InChI is InChI=1S/C21H24F4N4O3S/c1-33(31,32)20(10-4-2-3-5-13-26,18(30)29-19(14-27)11-12-19)28-17(21(23,24)25)15-6-8-16(22)9-7-15/h6-9,17,28H,2-5,10-12H2,1H3,(H,29,30)/t17-,20-/m0/s1. The lowest BCUT2D eigenvalue weighted by molar-refractivity contribution is -0.162. The molecule has 0 spiro atoms. The predicted octanol–water partition coefficient (Wildman–Crippen LogP) is 3.41. The van der Waals surface area contributed by atoms with E-state index in [-0.39, 0.29) is 25.7 Å². The number of amides is 1. The van der Waals surface area contributed by atoms with Crippen LogP contribution < -0.4 is 10.6 Å². The molecule has 7 nitrogen and oxygen atoms in total. The number of carbonyl (C=O) groups excluding carboxylic acids is 1. The minimum absolute atomic E-state index is 0.0305. The highest BCUT2D eigenvalue weighted by Gasteiger charge is 2.57. The molecular weight excluding hydrogens is 464 g/mol. The number of rotatable bonds is 11. The number of halogens is 4. The van der Waals surface area contributed by atoms with Gasteiger partial charge in [-0.05, 0) is 49.8 Å². The molecule has 0 radical (unpaired) electrons. The highest BCUT2D eigenvalue weighted by molar-refractivity contribution is 7.92. The van der Waals surface area contributed by atoms with Crippen molar-refractivity contribution < 1.29 is 30.8 Å². The molecule has 12 heteroatoms. The van der Waals surface area contributed by atoms with Crippen LogP contribution in [0.3, 0.4) is 0 Å². The third-order valence-corrected chi connectivity index (χ3v) is 7.32. The van der Waals surface area contributed by atoms with Gasteiger partial charge in [-0.1, -0.05) is 18.6 Å². The molecule has 1 aromatic carbocycles. The summed E-state index contributed by atoms with van der Waals surface area (Å²) in [5.74, 6) is -2.03. The molecule has 2 rings (SSSR count). The SMILES string of the molecule is CS(=O)(=O)[C@](CCCCCC#N)(N[C@@H](c1ccc(F)cc1)C(F)(F)F)C(=O)NC1(C#N)CC1. The van der Waals surface area contributed by atoms with Gasteiger partial charge in [0.2, 0.25) is 4.87 Å². The first kappa shape index (κ1) is 26.6. The van der Waals surface area contributed by atoms with Crippen LogP contribution in [-0.2, 0) is 14.6 Å². The molecular formula is C21H24F4N4O3S. The number of alkyl halides is 3. The Hall–Kier alpha value is -2.70. The van der Waals surface area contributed by atoms with Crippen molar-refractivity contribution in [1.82, 2.24) is 10.6 Å². The maximum Gasteiger partial charge on any atom is 0.407 e. The normalized spacial score (nSPS) is 17.8. The van der Waals surface area contributed by atoms with Crippen LogP contribution in [0.15, 0.2) is 24.3 Å². The van der Waals surface area contributed by atoms with Gasteiger partial charge in [0.05, 0.1) is 12.1 Å². The lowest BCUT2D eigenvalue weighted by Crippen LogP contribution is -2.65. The molecule has 0 heterocycles. The van der Waals surface area contributed by atoms with Gasteiger partial charge in [0, 0.05) is 12.7 Å². The van der Waals surface area contributed by atoms with E-state index in [9.17, 15) is 36.0 Å². The second kappa shape index (κ2) is 10.1. The van der Waals surface area contributed by atoms with Crippen LogP contribution in [0.25, 0.3) is 0 Å². The summed E-state index contributed by atoms with van der Waals surface area (Å²) in [4.78, 5) is 10.5. The first-order valence-corrected chi connectivity index (χ1v) is 12.1. The Morgan fingerprint density at radius 2 is 1.76 bits per heavy atom. The van der Waals surface area contributed by atoms with E-state index in [0.717, 1.165) is 24.3 Å². The number of unbranched alkanes of at least 4 members (excludes halogenated alkanes) is 3. The van der Waals surface area contributed by atoms with Crippen LogP contribution >= 0.6 is 0 Å². The zero-order valence-electron chi connectivity index (χ0n) is 17.9. The summed E-state index contributed by atoms with van der Waals surface area (Å²) < 4.78 is 81.1. The Morgan fingerprint density at radius 3 is 2.21 bits per heavy atom. The molecule has 1 aromatic rings. The minimum atomic E-state index is -5.03. The Bertz CT molecular complexity index is 1040. The quantitative estimate of drug-likeness (QED) is 0.364. The van der Waals surface area contributed by atoms with Gasteiger partial charge < -0.3 is 5.32 Å². The highest BCUT2D eigenvalue weighted by atomic mass is 32.2. The fourth-order valence-corrected chi connectivity index (χ4v) is 4.65. The maximum absolute atomic E-state index is 14.0. The van der Waals surface area contributed by atoms with E-state index in [1.54, 1.807) is 0 Å². The fraction of sp³-hybridized carbons (Fsp3) is 0.571. The number of carbonyl (C=O) groups is 1. The number of nitriles is 2. The van der Waals surface area contributed by atoms with Crippen molar-refractivity contribution >= 4 is 15.7 Å². The van der Waals surface area contributed by atoms with Gasteiger partial charge in [0.15, 0.2) is 9.84 Å². The number of hydrogen-bond acceptors (Lipinski definition) is 6. The minimum Gasteiger partial charge on any atom is -0.335 e. The molecule has 0 bridgehead atoms. The average Bonchev–Trinajstić information content (AvgIpc) is 3.49. The van der Waals surface area contributed by atoms with E-state index >= 15 is 0 Å². The van der Waals surface area contributed by atoms with Gasteiger partial charge in [-0.25, -0.2) is 12.8 Å². The summed E-state index contributed by atoms with van der Waals surface area (Å²) in [7, 11) is -4.51. The zero-order valence-corrected chi connectivity index (χ0v) is 18.7. The first-order valence-electron chi connectivity index (χ1n) is 10.2. The fourth-order valence-electron chi connectivity index (χ4n) is 3.42. The smallest absolute Gasteiger partial charge is 0.335 e. The summed E-state index contributed by atoms with van der Waals surface area (Å²) in [6, 6.07) is 4.49. The largest absolute Gasteiger partial charge is 0.407 e. The van der Waals surface area contributed by atoms with Crippen molar-refractivity contribution in [2.24, 2.45) is 0 Å².